The fraction of sp³-hybridized carbons (Fsp3) is 0.444. The number of aromatic hydroxyl groups is 1. The average molecular weight is 312 g/mol. The van der Waals surface area contributed by atoms with Crippen molar-refractivity contribution in [2.24, 2.45) is 5.92 Å². The van der Waals surface area contributed by atoms with E-state index in [4.69, 9.17) is 0 Å². The zero-order valence-corrected chi connectivity index (χ0v) is 13.8. The largest absolute Gasteiger partial charge is 0.507 e. The standard InChI is InChI=1S/C18H24N4O/c1-14(2)12-21-7-9-22(10-8-21)18-11-16(19-13-20-18)15-5-3-4-6-17(15)23/h3-6,11,13-14,23H,7-10,12H2,1-2H3. The highest BCUT2D eigenvalue weighted by Crippen LogP contribution is 2.28. The molecule has 1 aliphatic heterocycles. The maximum atomic E-state index is 10.0. The minimum atomic E-state index is 0.249. The number of hydrogen-bond donors (Lipinski definition) is 1. The lowest BCUT2D eigenvalue weighted by molar-refractivity contribution is 0.231. The molecule has 0 unspecified atom stereocenters. The van der Waals surface area contributed by atoms with Gasteiger partial charge in [-0.2, -0.15) is 0 Å². The lowest BCUT2D eigenvalue weighted by Crippen LogP contribution is -2.47. The summed E-state index contributed by atoms with van der Waals surface area (Å²) in [6.07, 6.45) is 1.58. The van der Waals surface area contributed by atoms with E-state index < -0.39 is 0 Å². The summed E-state index contributed by atoms with van der Waals surface area (Å²) in [6.45, 7) is 9.75. The second kappa shape index (κ2) is 6.96. The van der Waals surface area contributed by atoms with Crippen LogP contribution in [0.15, 0.2) is 36.7 Å². The molecule has 1 saturated heterocycles. The van der Waals surface area contributed by atoms with Crippen LogP contribution in [0, 0.1) is 5.92 Å². The molecule has 2 heterocycles. The molecule has 1 N–H and O–H groups in total. The van der Waals surface area contributed by atoms with E-state index >= 15 is 0 Å². The highest BCUT2D eigenvalue weighted by molar-refractivity contribution is 5.68. The van der Waals surface area contributed by atoms with Crippen molar-refractivity contribution in [1.82, 2.24) is 14.9 Å². The van der Waals surface area contributed by atoms with Crippen LogP contribution in [0.3, 0.4) is 0 Å². The monoisotopic (exact) mass is 312 g/mol. The van der Waals surface area contributed by atoms with Crippen molar-refractivity contribution < 1.29 is 5.11 Å². The van der Waals surface area contributed by atoms with Crippen molar-refractivity contribution >= 4 is 5.82 Å². The molecule has 0 spiro atoms. The van der Waals surface area contributed by atoms with Crippen LogP contribution in [-0.4, -0.2) is 52.7 Å². The van der Waals surface area contributed by atoms with Gasteiger partial charge in [-0.25, -0.2) is 9.97 Å². The van der Waals surface area contributed by atoms with Crippen LogP contribution in [0.25, 0.3) is 11.3 Å². The Morgan fingerprint density at radius 3 is 2.52 bits per heavy atom. The molecule has 23 heavy (non-hydrogen) atoms. The summed E-state index contributed by atoms with van der Waals surface area (Å²) in [4.78, 5) is 13.5. The van der Waals surface area contributed by atoms with Crippen molar-refractivity contribution in [2.45, 2.75) is 13.8 Å². The van der Waals surface area contributed by atoms with Gasteiger partial charge in [-0.1, -0.05) is 26.0 Å². The van der Waals surface area contributed by atoms with Gasteiger partial charge in [0.05, 0.1) is 5.69 Å². The average Bonchev–Trinajstić information content (AvgIpc) is 2.55. The first-order chi connectivity index (χ1) is 11.1. The number of phenolic OH excluding ortho intramolecular Hbond substituents is 1. The van der Waals surface area contributed by atoms with E-state index in [2.05, 4.69) is 33.6 Å². The zero-order valence-electron chi connectivity index (χ0n) is 13.8. The quantitative estimate of drug-likeness (QED) is 0.940. The molecular formula is C18H24N4O. The van der Waals surface area contributed by atoms with E-state index in [0.29, 0.717) is 5.92 Å². The fourth-order valence-corrected chi connectivity index (χ4v) is 3.03. The maximum Gasteiger partial charge on any atom is 0.132 e. The number of aromatic nitrogens is 2. The van der Waals surface area contributed by atoms with Gasteiger partial charge in [0.2, 0.25) is 0 Å². The molecule has 122 valence electrons. The Kier molecular flexibility index (Phi) is 4.76. The molecule has 1 aromatic heterocycles. The number of para-hydroxylation sites is 1. The molecule has 0 radical (unpaired) electrons. The van der Waals surface area contributed by atoms with Crippen LogP contribution >= 0.6 is 0 Å². The first-order valence-corrected chi connectivity index (χ1v) is 8.21. The highest BCUT2D eigenvalue weighted by Gasteiger charge is 2.19. The summed E-state index contributed by atoms with van der Waals surface area (Å²) in [6, 6.07) is 9.24. The minimum absolute atomic E-state index is 0.249. The van der Waals surface area contributed by atoms with E-state index in [1.165, 1.54) is 0 Å². The van der Waals surface area contributed by atoms with Gasteiger partial charge in [0, 0.05) is 44.4 Å². The molecule has 0 saturated carbocycles. The molecular weight excluding hydrogens is 288 g/mol. The zero-order chi connectivity index (χ0) is 16.2. The van der Waals surface area contributed by atoms with Gasteiger partial charge >= 0.3 is 0 Å². The van der Waals surface area contributed by atoms with Crippen molar-refractivity contribution in [3.05, 3.63) is 36.7 Å². The summed E-state index contributed by atoms with van der Waals surface area (Å²) in [7, 11) is 0. The van der Waals surface area contributed by atoms with Crippen LogP contribution < -0.4 is 4.90 Å². The van der Waals surface area contributed by atoms with Crippen molar-refractivity contribution in [3.63, 3.8) is 0 Å². The molecule has 0 aliphatic carbocycles. The fourth-order valence-electron chi connectivity index (χ4n) is 3.03. The normalized spacial score (nSPS) is 16.0. The van der Waals surface area contributed by atoms with E-state index in [1.807, 2.05) is 24.3 Å². The summed E-state index contributed by atoms with van der Waals surface area (Å²) in [5, 5.41) is 10.0. The Morgan fingerprint density at radius 2 is 1.83 bits per heavy atom. The number of phenols is 1. The number of anilines is 1. The Morgan fingerprint density at radius 1 is 1.09 bits per heavy atom. The van der Waals surface area contributed by atoms with E-state index in [1.54, 1.807) is 12.4 Å². The third kappa shape index (κ3) is 3.79. The number of nitrogens with zero attached hydrogens (tertiary/aromatic N) is 4. The number of rotatable bonds is 4. The van der Waals surface area contributed by atoms with Gasteiger partial charge in [0.15, 0.2) is 0 Å². The Hall–Kier alpha value is -2.14. The van der Waals surface area contributed by atoms with Gasteiger partial charge in [-0.05, 0) is 18.1 Å². The topological polar surface area (TPSA) is 52.5 Å². The molecule has 0 bridgehead atoms. The van der Waals surface area contributed by atoms with Crippen molar-refractivity contribution in [2.75, 3.05) is 37.6 Å². The third-order valence-corrected chi connectivity index (χ3v) is 4.15. The lowest BCUT2D eigenvalue weighted by Gasteiger charge is -2.36. The molecule has 0 atom stereocenters. The number of piperazine rings is 1. The summed E-state index contributed by atoms with van der Waals surface area (Å²) in [5.74, 6) is 1.88. The van der Waals surface area contributed by atoms with Crippen LogP contribution in [0.1, 0.15) is 13.8 Å². The Balaban J connectivity index is 1.73. The van der Waals surface area contributed by atoms with E-state index in [9.17, 15) is 5.11 Å². The van der Waals surface area contributed by atoms with Crippen molar-refractivity contribution in [1.29, 1.82) is 0 Å². The molecule has 5 heteroatoms. The van der Waals surface area contributed by atoms with Gasteiger partial charge in [0.25, 0.3) is 0 Å². The number of hydrogen-bond acceptors (Lipinski definition) is 5. The first-order valence-electron chi connectivity index (χ1n) is 8.21. The second-order valence-corrected chi connectivity index (χ2v) is 6.46. The predicted octanol–water partition coefficient (Wildman–Crippen LogP) is 2.63. The molecule has 1 fully saturated rings. The maximum absolute atomic E-state index is 10.0. The minimum Gasteiger partial charge on any atom is -0.507 e. The summed E-state index contributed by atoms with van der Waals surface area (Å²) >= 11 is 0. The summed E-state index contributed by atoms with van der Waals surface area (Å²) in [5.41, 5.74) is 1.51. The van der Waals surface area contributed by atoms with Crippen LogP contribution in [0.4, 0.5) is 5.82 Å². The lowest BCUT2D eigenvalue weighted by atomic mass is 10.1. The summed E-state index contributed by atoms with van der Waals surface area (Å²) < 4.78 is 0. The number of benzene rings is 1. The third-order valence-electron chi connectivity index (χ3n) is 4.15. The molecule has 0 amide bonds. The van der Waals surface area contributed by atoms with Gasteiger partial charge in [-0.15, -0.1) is 0 Å². The van der Waals surface area contributed by atoms with Gasteiger partial charge in [0.1, 0.15) is 17.9 Å². The van der Waals surface area contributed by atoms with E-state index in [-0.39, 0.29) is 5.75 Å². The smallest absolute Gasteiger partial charge is 0.132 e. The predicted molar refractivity (Wildman–Crippen MR) is 92.6 cm³/mol. The molecule has 5 nitrogen and oxygen atoms in total. The van der Waals surface area contributed by atoms with Crippen LogP contribution in [0.2, 0.25) is 0 Å². The second-order valence-electron chi connectivity index (χ2n) is 6.46. The molecule has 1 aliphatic rings. The molecule has 1 aromatic carbocycles. The van der Waals surface area contributed by atoms with Gasteiger partial charge < -0.3 is 10.0 Å². The van der Waals surface area contributed by atoms with Crippen LogP contribution in [0.5, 0.6) is 5.75 Å². The molecule has 2 aromatic rings. The van der Waals surface area contributed by atoms with Crippen LogP contribution in [-0.2, 0) is 0 Å². The Labute approximate surface area is 137 Å². The van der Waals surface area contributed by atoms with Gasteiger partial charge in [-0.3, -0.25) is 4.90 Å². The Bertz CT molecular complexity index is 651. The molecule has 3 rings (SSSR count). The van der Waals surface area contributed by atoms with E-state index in [0.717, 1.165) is 49.8 Å². The SMILES string of the molecule is CC(C)CN1CCN(c2cc(-c3ccccc3O)ncn2)CC1. The first kappa shape index (κ1) is 15.7. The highest BCUT2D eigenvalue weighted by atomic mass is 16.3. The van der Waals surface area contributed by atoms with Crippen molar-refractivity contribution in [3.8, 4) is 17.0 Å².